The highest BCUT2D eigenvalue weighted by Gasteiger charge is 2.32. The molecule has 2 unspecified atom stereocenters. The minimum atomic E-state index is -0.496. The van der Waals surface area contributed by atoms with E-state index < -0.39 is 5.60 Å². The number of halogens is 1. The number of allylic oxidation sites excluding steroid dienone is 3. The van der Waals surface area contributed by atoms with Crippen molar-refractivity contribution in [1.29, 1.82) is 0 Å². The molecule has 3 aromatic rings. The van der Waals surface area contributed by atoms with Gasteiger partial charge in [0, 0.05) is 125 Å². The topological polar surface area (TPSA) is 204 Å². The number of ether oxygens (including phenoxy) is 1. The van der Waals surface area contributed by atoms with E-state index in [0.717, 1.165) is 102 Å². The van der Waals surface area contributed by atoms with Crippen molar-refractivity contribution in [2.75, 3.05) is 46.3 Å². The molecule has 5 fully saturated rings. The van der Waals surface area contributed by atoms with Crippen LogP contribution < -0.4 is 53.2 Å². The van der Waals surface area contributed by atoms with Gasteiger partial charge in [0.15, 0.2) is 0 Å². The van der Waals surface area contributed by atoms with E-state index in [9.17, 15) is 19.2 Å². The molecule has 10 N–H and O–H groups in total. The third kappa shape index (κ3) is 55.9. The molecular weight excluding hydrogens is 1450 g/mol. The van der Waals surface area contributed by atoms with Gasteiger partial charge in [-0.15, -0.1) is 0 Å². The average molecular weight is 1620 g/mol. The normalized spacial score (nSPS) is 17.4. The fourth-order valence-corrected chi connectivity index (χ4v) is 13.2. The first kappa shape index (κ1) is 108. The van der Waals surface area contributed by atoms with Crippen molar-refractivity contribution in [2.24, 2.45) is 41.4 Å². The van der Waals surface area contributed by atoms with Gasteiger partial charge in [0.2, 0.25) is 17.7 Å². The van der Waals surface area contributed by atoms with E-state index in [1.165, 1.54) is 87.8 Å². The van der Waals surface area contributed by atoms with Gasteiger partial charge in [-0.2, -0.15) is 0 Å². The highest BCUT2D eigenvalue weighted by molar-refractivity contribution is 6.30. The van der Waals surface area contributed by atoms with Crippen LogP contribution in [-0.2, 0) is 25.5 Å². The molecule has 17 nitrogen and oxygen atoms in total. The maximum absolute atomic E-state index is 12.0. The Labute approximate surface area is 708 Å². The van der Waals surface area contributed by atoms with Crippen LogP contribution in [-0.4, -0.2) is 140 Å². The fourth-order valence-electron chi connectivity index (χ4n) is 13.1. The zero-order valence-electron chi connectivity index (χ0n) is 77.2. The second-order valence-electron chi connectivity index (χ2n) is 35.9. The molecule has 0 spiro atoms. The lowest BCUT2D eigenvalue weighted by atomic mass is 9.81. The van der Waals surface area contributed by atoms with Gasteiger partial charge in [0.25, 0.3) is 0 Å². The second kappa shape index (κ2) is 60.3. The number of nitrogens with one attached hydrogen (secondary N) is 10. The molecule has 5 aliphatic rings. The maximum atomic E-state index is 12.0. The summed E-state index contributed by atoms with van der Waals surface area (Å²) in [6.07, 6.45) is 17.3. The number of likely N-dealkylation sites (tertiary alicyclic amines) is 2. The predicted octanol–water partition coefficient (Wildman–Crippen LogP) is 20.4. The summed E-state index contributed by atoms with van der Waals surface area (Å²) in [6.45, 7) is 79.1. The Morgan fingerprint density at radius 3 is 1.23 bits per heavy atom. The molecule has 3 aromatic carbocycles. The third-order valence-electron chi connectivity index (χ3n) is 19.0. The summed E-state index contributed by atoms with van der Waals surface area (Å²) < 4.78 is 5.34. The van der Waals surface area contributed by atoms with Crippen LogP contribution >= 0.6 is 11.6 Å². The lowest BCUT2D eigenvalue weighted by molar-refractivity contribution is -0.127. The minimum absolute atomic E-state index is 0.0308. The van der Waals surface area contributed by atoms with Gasteiger partial charge in [0.1, 0.15) is 5.60 Å². The van der Waals surface area contributed by atoms with Crippen molar-refractivity contribution < 1.29 is 23.9 Å². The van der Waals surface area contributed by atoms with Crippen LogP contribution in [0, 0.1) is 41.4 Å². The number of hydrogen-bond acceptors (Lipinski definition) is 13. The molecule has 654 valence electrons. The molecular formula is C97H169ClN12O5. The Hall–Kier alpha value is -7.21. The van der Waals surface area contributed by atoms with Crippen molar-refractivity contribution in [3.8, 4) is 0 Å². The van der Waals surface area contributed by atoms with Gasteiger partial charge in [-0.3, -0.25) is 14.4 Å². The molecule has 8 rings (SSSR count). The molecule has 115 heavy (non-hydrogen) atoms. The Kier molecular flexibility index (Phi) is 56.5. The molecule has 0 radical (unpaired) electrons. The van der Waals surface area contributed by atoms with Crippen LogP contribution in [0.25, 0.3) is 11.4 Å². The number of rotatable bonds is 25. The van der Waals surface area contributed by atoms with E-state index in [1.807, 2.05) is 135 Å². The van der Waals surface area contributed by atoms with Gasteiger partial charge in [-0.1, -0.05) is 170 Å². The van der Waals surface area contributed by atoms with Gasteiger partial charge in [-0.25, -0.2) is 4.79 Å². The molecule has 0 aromatic heterocycles. The lowest BCUT2D eigenvalue weighted by Gasteiger charge is -2.33. The molecule has 2 saturated carbocycles. The predicted molar refractivity (Wildman–Crippen MR) is 496 cm³/mol. The number of nitrogens with zero attached hydrogens (tertiary/aromatic N) is 2. The molecule has 2 aliphatic carbocycles. The fraction of sp³-hybridized carbons (Fsp3) is 0.649. The van der Waals surface area contributed by atoms with E-state index in [2.05, 4.69) is 221 Å². The van der Waals surface area contributed by atoms with Crippen LogP contribution in [0.5, 0.6) is 0 Å². The summed E-state index contributed by atoms with van der Waals surface area (Å²) in [7, 11) is 2.11. The second-order valence-corrected chi connectivity index (χ2v) is 36.4. The molecule has 2 atom stereocenters. The van der Waals surface area contributed by atoms with Crippen molar-refractivity contribution >= 4 is 46.8 Å². The van der Waals surface area contributed by atoms with Crippen LogP contribution in [0.15, 0.2) is 147 Å². The molecule has 3 heterocycles. The van der Waals surface area contributed by atoms with Gasteiger partial charge in [-0.05, 0) is 289 Å². The first-order valence-electron chi connectivity index (χ1n) is 43.6. The van der Waals surface area contributed by atoms with E-state index >= 15 is 0 Å². The van der Waals surface area contributed by atoms with Crippen molar-refractivity contribution in [3.05, 3.63) is 169 Å². The summed E-state index contributed by atoms with van der Waals surface area (Å²) in [6, 6.07) is 31.1. The molecule has 18 heteroatoms. The molecule has 3 saturated heterocycles. The highest BCUT2D eigenvalue weighted by atomic mass is 35.5. The summed E-state index contributed by atoms with van der Waals surface area (Å²) >= 11 is 5.77. The van der Waals surface area contributed by atoms with Crippen LogP contribution in [0.4, 0.5) is 4.79 Å². The number of benzene rings is 3. The standard InChI is InChI=1S/C14H26N2O3.C12H23N.C11H14ClN.C11H15NO.C11H15N.C10H20N2O.C10H20N2.C10H19N.C8H17N/c1-10(2)15-12(17)11-7-6-8-16(9-11)13(18)19-14(3,4)5;1-9(2)13-11(4)12-7-5-10(3)6-8-12;1-8(2)13-9(3)10-4-6-11(12)7-5-10;1-9(2)12-11(13)8-10-6-4-3-5-7-10;1-9(2)12-10(3)11-7-5-4-6-8-11;1-8(2)11-10(13)9-4-6-12(3)7-5-9;1-8(2)12-9(3)10-5-4-6-11-7-10;1-8(2)11-9(3)10-6-4-5-7-10;1-6(2)8(5)9-7(3)4/h10-11H,6-9H2,1-5H3,(H,15,17);9-10,12-13H,4-8H2,1-3H3;4-8,13H,3H2,1-2H3;3-7,9H,8H2,1-2H3,(H,12,13);4-9,12H,3H2,1-2H3;8-9H,4-7H2,1-3H3,(H,11,13);8,10-12H,3-7H2,1-2H3;8,10-11H,3-7H2,1-2H3;6-7,9H,5H2,1-4H3. The number of amides is 4. The quantitative estimate of drug-likeness (QED) is 0.0384. The summed E-state index contributed by atoms with van der Waals surface area (Å²) in [4.78, 5) is 50.8. The maximum Gasteiger partial charge on any atom is 0.410 e. The minimum Gasteiger partial charge on any atom is -0.444 e. The van der Waals surface area contributed by atoms with E-state index in [0.29, 0.717) is 67.6 Å². The number of piperidine rings is 3. The van der Waals surface area contributed by atoms with Crippen molar-refractivity contribution in [1.82, 2.24) is 63.0 Å². The largest absolute Gasteiger partial charge is 0.444 e. The zero-order valence-corrected chi connectivity index (χ0v) is 78.0. The Morgan fingerprint density at radius 1 is 0.443 bits per heavy atom. The SMILES string of the molecule is C=C(NC(C)C)C(C)C.C=C(NC(C)C)C1CCC(C)CC1.C=C(NC(C)C)C1CCCC1.C=C(NC(C)C)C1CCCNC1.C=C(NC(C)C)c1ccc(Cl)cc1.C=C(NC(C)C)c1ccccc1.CC(C)NC(=O)C1CCCN(C(=O)OC(C)(C)C)C1.CC(C)NC(=O)C1CCN(C)CC1.CC(C)NC(=O)Cc1ccccc1. The van der Waals surface area contributed by atoms with Crippen molar-refractivity contribution in [3.63, 3.8) is 0 Å². The number of carbonyl (C=O) groups is 4. The highest BCUT2D eigenvalue weighted by Crippen LogP contribution is 2.32. The molecule has 0 bridgehead atoms. The number of carbonyl (C=O) groups excluding carboxylic acids is 4. The van der Waals surface area contributed by atoms with E-state index in [1.54, 1.807) is 4.90 Å². The summed E-state index contributed by atoms with van der Waals surface area (Å²) in [5.74, 6) is 4.10. The van der Waals surface area contributed by atoms with Gasteiger partial charge in [0.05, 0.1) is 12.3 Å². The lowest BCUT2D eigenvalue weighted by Crippen LogP contribution is -2.48. The van der Waals surface area contributed by atoms with Gasteiger partial charge >= 0.3 is 6.09 Å². The first-order chi connectivity index (χ1) is 53.8. The Bertz CT molecular complexity index is 3130. The van der Waals surface area contributed by atoms with Gasteiger partial charge < -0.3 is 67.7 Å². The summed E-state index contributed by atoms with van der Waals surface area (Å²) in [5, 5.41) is 32.8. The van der Waals surface area contributed by atoms with Crippen LogP contribution in [0.3, 0.4) is 0 Å². The summed E-state index contributed by atoms with van der Waals surface area (Å²) in [5.41, 5.74) is 9.59. The molecule has 4 amide bonds. The van der Waals surface area contributed by atoms with E-state index in [4.69, 9.17) is 16.3 Å². The van der Waals surface area contributed by atoms with Crippen LogP contribution in [0.2, 0.25) is 5.02 Å². The zero-order chi connectivity index (χ0) is 87.5. The van der Waals surface area contributed by atoms with E-state index in [-0.39, 0.29) is 53.8 Å². The third-order valence-corrected chi connectivity index (χ3v) is 19.3. The average Bonchev–Trinajstić information content (AvgIpc) is 1.22. The monoisotopic (exact) mass is 1620 g/mol. The molecule has 3 aliphatic heterocycles. The first-order valence-corrected chi connectivity index (χ1v) is 44.0. The smallest absolute Gasteiger partial charge is 0.410 e. The Balaban J connectivity index is 0.00000128. The van der Waals surface area contributed by atoms with Crippen molar-refractivity contribution in [2.45, 2.75) is 322 Å². The Morgan fingerprint density at radius 2 is 0.835 bits per heavy atom. The number of hydrogen-bond donors (Lipinski definition) is 10. The van der Waals surface area contributed by atoms with Crippen LogP contribution in [0.1, 0.15) is 273 Å².